The Bertz CT molecular complexity index is 404. The fraction of sp³-hybridized carbons (Fsp3) is 0.600. The zero-order valence-corrected chi connectivity index (χ0v) is 12.0. The van der Waals surface area contributed by atoms with E-state index in [0.29, 0.717) is 17.8 Å². The normalized spacial score (nSPS) is 11.8. The molecule has 4 N–H and O–H groups in total. The second-order valence-electron chi connectivity index (χ2n) is 5.76. The van der Waals surface area contributed by atoms with Crippen LogP contribution in [-0.4, -0.2) is 0 Å². The molecule has 0 aliphatic carbocycles. The summed E-state index contributed by atoms with van der Waals surface area (Å²) in [6, 6.07) is 2.06. The summed E-state index contributed by atoms with van der Waals surface area (Å²) in [4.78, 5) is 0. The molecule has 0 atom stereocenters. The minimum Gasteiger partial charge on any atom is -0.398 e. The van der Waals surface area contributed by atoms with E-state index in [9.17, 15) is 0 Å². The average molecular weight is 234 g/mol. The summed E-state index contributed by atoms with van der Waals surface area (Å²) in [5, 5.41) is 0. The third-order valence-electron chi connectivity index (χ3n) is 3.29. The Morgan fingerprint density at radius 2 is 1.24 bits per heavy atom. The van der Waals surface area contributed by atoms with Crippen molar-refractivity contribution in [2.75, 3.05) is 11.5 Å². The van der Waals surface area contributed by atoms with Gasteiger partial charge >= 0.3 is 0 Å². The number of nitrogens with two attached hydrogens (primary N) is 2. The molecular formula is C15H26N2. The Balaban J connectivity index is 3.59. The summed E-state index contributed by atoms with van der Waals surface area (Å²) in [5.74, 6) is 1.24. The molecule has 0 amide bonds. The van der Waals surface area contributed by atoms with Crippen molar-refractivity contribution < 1.29 is 0 Å². The van der Waals surface area contributed by atoms with E-state index < -0.39 is 0 Å². The van der Waals surface area contributed by atoms with Crippen molar-refractivity contribution in [1.82, 2.24) is 0 Å². The molecule has 0 heterocycles. The van der Waals surface area contributed by atoms with Crippen molar-refractivity contribution >= 4 is 11.4 Å². The molecule has 0 aliphatic rings. The van der Waals surface area contributed by atoms with Crippen LogP contribution in [0.1, 0.15) is 76.0 Å². The molecule has 0 radical (unpaired) electrons. The SMILES string of the molecule is CC(C)c1cc(N)c(C(C)C)c(C(C)C)c1N. The van der Waals surface area contributed by atoms with Gasteiger partial charge < -0.3 is 11.5 Å². The summed E-state index contributed by atoms with van der Waals surface area (Å²) >= 11 is 0. The van der Waals surface area contributed by atoms with Crippen LogP contribution in [0.3, 0.4) is 0 Å². The lowest BCUT2D eigenvalue weighted by Gasteiger charge is -2.24. The molecule has 0 spiro atoms. The van der Waals surface area contributed by atoms with E-state index in [2.05, 4.69) is 47.6 Å². The van der Waals surface area contributed by atoms with Crippen molar-refractivity contribution in [2.45, 2.75) is 59.3 Å². The van der Waals surface area contributed by atoms with Crippen LogP contribution >= 0.6 is 0 Å². The third kappa shape index (κ3) is 2.56. The maximum atomic E-state index is 6.34. The fourth-order valence-corrected chi connectivity index (χ4v) is 2.52. The first kappa shape index (κ1) is 13.9. The van der Waals surface area contributed by atoms with Crippen LogP contribution in [0.15, 0.2) is 6.07 Å². The smallest absolute Gasteiger partial charge is 0.0388 e. The monoisotopic (exact) mass is 234 g/mol. The van der Waals surface area contributed by atoms with Gasteiger partial charge in [0.15, 0.2) is 0 Å². The number of anilines is 2. The first-order valence-electron chi connectivity index (χ1n) is 6.48. The van der Waals surface area contributed by atoms with Gasteiger partial charge in [-0.1, -0.05) is 41.5 Å². The molecule has 17 heavy (non-hydrogen) atoms. The van der Waals surface area contributed by atoms with Gasteiger partial charge in [0.05, 0.1) is 0 Å². The van der Waals surface area contributed by atoms with Crippen LogP contribution in [0.25, 0.3) is 0 Å². The molecule has 2 heteroatoms. The highest BCUT2D eigenvalue weighted by molar-refractivity contribution is 5.69. The lowest BCUT2D eigenvalue weighted by molar-refractivity contribution is 0.785. The van der Waals surface area contributed by atoms with Gasteiger partial charge in [-0.3, -0.25) is 0 Å². The van der Waals surface area contributed by atoms with Gasteiger partial charge in [0.2, 0.25) is 0 Å². The zero-order valence-electron chi connectivity index (χ0n) is 12.0. The van der Waals surface area contributed by atoms with Gasteiger partial charge in [-0.15, -0.1) is 0 Å². The molecule has 1 aromatic rings. The average Bonchev–Trinajstić information content (AvgIpc) is 2.18. The molecule has 0 fully saturated rings. The Labute approximate surface area is 105 Å². The highest BCUT2D eigenvalue weighted by atomic mass is 14.6. The molecular weight excluding hydrogens is 208 g/mol. The molecule has 0 aromatic heterocycles. The molecule has 1 aromatic carbocycles. The predicted molar refractivity (Wildman–Crippen MR) is 77.5 cm³/mol. The zero-order chi connectivity index (χ0) is 13.3. The molecule has 0 saturated carbocycles. The quantitative estimate of drug-likeness (QED) is 0.769. The molecule has 0 saturated heterocycles. The van der Waals surface area contributed by atoms with Crippen LogP contribution in [0.4, 0.5) is 11.4 Å². The highest BCUT2D eigenvalue weighted by Gasteiger charge is 2.20. The van der Waals surface area contributed by atoms with Gasteiger partial charge in [-0.2, -0.15) is 0 Å². The van der Waals surface area contributed by atoms with Gasteiger partial charge in [0, 0.05) is 11.4 Å². The Hall–Kier alpha value is -1.18. The van der Waals surface area contributed by atoms with Crippen LogP contribution in [0, 0.1) is 0 Å². The molecule has 96 valence electrons. The second kappa shape index (κ2) is 4.99. The Morgan fingerprint density at radius 3 is 1.59 bits per heavy atom. The number of rotatable bonds is 3. The summed E-state index contributed by atoms with van der Waals surface area (Å²) in [6.07, 6.45) is 0. The van der Waals surface area contributed by atoms with Crippen molar-refractivity contribution in [3.8, 4) is 0 Å². The van der Waals surface area contributed by atoms with E-state index >= 15 is 0 Å². The van der Waals surface area contributed by atoms with E-state index in [0.717, 1.165) is 11.4 Å². The van der Waals surface area contributed by atoms with Crippen LogP contribution < -0.4 is 11.5 Å². The van der Waals surface area contributed by atoms with Crippen LogP contribution in [0.2, 0.25) is 0 Å². The maximum Gasteiger partial charge on any atom is 0.0388 e. The van der Waals surface area contributed by atoms with Crippen LogP contribution in [0.5, 0.6) is 0 Å². The molecule has 0 bridgehead atoms. The van der Waals surface area contributed by atoms with E-state index in [1.165, 1.54) is 16.7 Å². The van der Waals surface area contributed by atoms with E-state index in [1.807, 2.05) is 0 Å². The molecule has 1 rings (SSSR count). The van der Waals surface area contributed by atoms with Crippen molar-refractivity contribution in [2.24, 2.45) is 0 Å². The largest absolute Gasteiger partial charge is 0.398 e. The van der Waals surface area contributed by atoms with E-state index in [-0.39, 0.29) is 0 Å². The molecule has 2 nitrogen and oxygen atoms in total. The minimum atomic E-state index is 0.411. The summed E-state index contributed by atoms with van der Waals surface area (Å²) in [6.45, 7) is 13.0. The standard InChI is InChI=1S/C15H26N2/c1-8(2)11-7-12(16)13(9(3)4)14(10(5)6)15(11)17/h7-10H,16-17H2,1-6H3. The number of hydrogen-bond acceptors (Lipinski definition) is 2. The number of benzene rings is 1. The van der Waals surface area contributed by atoms with E-state index in [4.69, 9.17) is 11.5 Å². The fourth-order valence-electron chi connectivity index (χ4n) is 2.52. The van der Waals surface area contributed by atoms with E-state index in [1.54, 1.807) is 0 Å². The Morgan fingerprint density at radius 1 is 0.765 bits per heavy atom. The number of nitrogen functional groups attached to an aromatic ring is 2. The first-order chi connectivity index (χ1) is 7.77. The highest BCUT2D eigenvalue weighted by Crippen LogP contribution is 2.39. The van der Waals surface area contributed by atoms with Crippen molar-refractivity contribution in [3.63, 3.8) is 0 Å². The lowest BCUT2D eigenvalue weighted by Crippen LogP contribution is -2.11. The number of hydrogen-bond donors (Lipinski definition) is 2. The Kier molecular flexibility index (Phi) is 4.07. The third-order valence-corrected chi connectivity index (χ3v) is 3.29. The van der Waals surface area contributed by atoms with Crippen molar-refractivity contribution in [1.29, 1.82) is 0 Å². The molecule has 0 unspecified atom stereocenters. The van der Waals surface area contributed by atoms with Gasteiger partial charge in [0.1, 0.15) is 0 Å². The van der Waals surface area contributed by atoms with Gasteiger partial charge in [0.25, 0.3) is 0 Å². The summed E-state index contributed by atoms with van der Waals surface area (Å²) in [7, 11) is 0. The van der Waals surface area contributed by atoms with Crippen molar-refractivity contribution in [3.05, 3.63) is 22.8 Å². The second-order valence-corrected chi connectivity index (χ2v) is 5.76. The minimum absolute atomic E-state index is 0.411. The maximum absolute atomic E-state index is 6.34. The molecule has 0 aliphatic heterocycles. The van der Waals surface area contributed by atoms with Crippen LogP contribution in [-0.2, 0) is 0 Å². The lowest BCUT2D eigenvalue weighted by atomic mass is 9.84. The summed E-state index contributed by atoms with van der Waals surface area (Å²) < 4.78 is 0. The topological polar surface area (TPSA) is 52.0 Å². The summed E-state index contributed by atoms with van der Waals surface area (Å²) in [5.41, 5.74) is 18.0. The van der Waals surface area contributed by atoms with Gasteiger partial charge in [-0.05, 0) is 40.5 Å². The van der Waals surface area contributed by atoms with Gasteiger partial charge in [-0.25, -0.2) is 0 Å². The predicted octanol–water partition coefficient (Wildman–Crippen LogP) is 4.22. The first-order valence-corrected chi connectivity index (χ1v) is 6.48.